The van der Waals surface area contributed by atoms with E-state index in [2.05, 4.69) is 11.2 Å². The van der Waals surface area contributed by atoms with Gasteiger partial charge >= 0.3 is 0 Å². The SMILES string of the molecule is C#CCNC(=O)CCn1cccc1. The molecule has 13 heavy (non-hydrogen) atoms. The summed E-state index contributed by atoms with van der Waals surface area (Å²) < 4.78 is 1.95. The fourth-order valence-corrected chi connectivity index (χ4v) is 0.988. The molecule has 1 aromatic rings. The van der Waals surface area contributed by atoms with Gasteiger partial charge in [-0.15, -0.1) is 6.42 Å². The second-order valence-electron chi connectivity index (χ2n) is 2.65. The molecule has 0 aliphatic rings. The highest BCUT2D eigenvalue weighted by Gasteiger charge is 1.98. The van der Waals surface area contributed by atoms with Crippen LogP contribution >= 0.6 is 0 Å². The molecular weight excluding hydrogens is 164 g/mol. The lowest BCUT2D eigenvalue weighted by molar-refractivity contribution is -0.121. The summed E-state index contributed by atoms with van der Waals surface area (Å²) >= 11 is 0. The van der Waals surface area contributed by atoms with Crippen LogP contribution < -0.4 is 5.32 Å². The van der Waals surface area contributed by atoms with Gasteiger partial charge in [0.05, 0.1) is 6.54 Å². The summed E-state index contributed by atoms with van der Waals surface area (Å²) in [4.78, 5) is 11.1. The fourth-order valence-electron chi connectivity index (χ4n) is 0.988. The molecule has 0 aliphatic heterocycles. The van der Waals surface area contributed by atoms with Crippen LogP contribution in [0, 0.1) is 12.3 Å². The number of nitrogens with one attached hydrogen (secondary N) is 1. The van der Waals surface area contributed by atoms with Gasteiger partial charge in [0.15, 0.2) is 0 Å². The van der Waals surface area contributed by atoms with Gasteiger partial charge in [-0.1, -0.05) is 5.92 Å². The van der Waals surface area contributed by atoms with Gasteiger partial charge in [0.1, 0.15) is 0 Å². The number of carbonyl (C=O) groups is 1. The van der Waals surface area contributed by atoms with Crippen LogP contribution in [0.25, 0.3) is 0 Å². The Morgan fingerprint density at radius 1 is 1.46 bits per heavy atom. The van der Waals surface area contributed by atoms with Crippen molar-refractivity contribution >= 4 is 5.91 Å². The zero-order chi connectivity index (χ0) is 9.52. The highest BCUT2D eigenvalue weighted by atomic mass is 16.1. The first-order valence-electron chi connectivity index (χ1n) is 4.14. The minimum absolute atomic E-state index is 0.00773. The summed E-state index contributed by atoms with van der Waals surface area (Å²) in [5, 5.41) is 2.61. The molecule has 0 atom stereocenters. The van der Waals surface area contributed by atoms with E-state index in [9.17, 15) is 4.79 Å². The molecule has 0 bridgehead atoms. The maximum atomic E-state index is 11.1. The monoisotopic (exact) mass is 176 g/mol. The third-order valence-corrected chi connectivity index (χ3v) is 1.65. The van der Waals surface area contributed by atoms with E-state index >= 15 is 0 Å². The summed E-state index contributed by atoms with van der Waals surface area (Å²) in [5.41, 5.74) is 0. The lowest BCUT2D eigenvalue weighted by Gasteiger charge is -2.02. The Labute approximate surface area is 77.8 Å². The van der Waals surface area contributed by atoms with Crippen molar-refractivity contribution in [1.29, 1.82) is 0 Å². The molecule has 1 N–H and O–H groups in total. The molecule has 0 aromatic carbocycles. The van der Waals surface area contributed by atoms with Crippen LogP contribution in [-0.4, -0.2) is 17.0 Å². The molecule has 0 aliphatic carbocycles. The van der Waals surface area contributed by atoms with Crippen LogP contribution in [0.2, 0.25) is 0 Å². The highest BCUT2D eigenvalue weighted by molar-refractivity contribution is 5.76. The smallest absolute Gasteiger partial charge is 0.222 e. The van der Waals surface area contributed by atoms with Gasteiger partial charge in [-0.25, -0.2) is 0 Å². The van der Waals surface area contributed by atoms with Crippen molar-refractivity contribution in [2.75, 3.05) is 6.54 Å². The molecule has 0 saturated carbocycles. The first-order chi connectivity index (χ1) is 6.33. The van der Waals surface area contributed by atoms with Gasteiger partial charge in [-0.2, -0.15) is 0 Å². The van der Waals surface area contributed by atoms with Gasteiger partial charge in [0.2, 0.25) is 5.91 Å². The summed E-state index contributed by atoms with van der Waals surface area (Å²) in [5.74, 6) is 2.35. The summed E-state index contributed by atoms with van der Waals surface area (Å²) in [6.45, 7) is 1.01. The molecule has 0 spiro atoms. The Morgan fingerprint density at radius 2 is 2.15 bits per heavy atom. The molecule has 0 fully saturated rings. The topological polar surface area (TPSA) is 34.0 Å². The largest absolute Gasteiger partial charge is 0.354 e. The van der Waals surface area contributed by atoms with E-state index in [4.69, 9.17) is 6.42 Å². The number of carbonyl (C=O) groups excluding carboxylic acids is 1. The number of amides is 1. The summed E-state index contributed by atoms with van der Waals surface area (Å²) in [6.07, 6.45) is 9.32. The van der Waals surface area contributed by atoms with Gasteiger partial charge in [-0.3, -0.25) is 4.79 Å². The van der Waals surface area contributed by atoms with E-state index in [1.54, 1.807) is 0 Å². The first-order valence-corrected chi connectivity index (χ1v) is 4.14. The van der Waals surface area contributed by atoms with Crippen molar-refractivity contribution in [2.24, 2.45) is 0 Å². The van der Waals surface area contributed by atoms with Crippen molar-refractivity contribution in [3.05, 3.63) is 24.5 Å². The molecule has 0 unspecified atom stereocenters. The number of hydrogen-bond acceptors (Lipinski definition) is 1. The fraction of sp³-hybridized carbons (Fsp3) is 0.300. The van der Waals surface area contributed by atoms with Crippen LogP contribution in [0.5, 0.6) is 0 Å². The van der Waals surface area contributed by atoms with Crippen LogP contribution in [0.15, 0.2) is 24.5 Å². The normalized spacial score (nSPS) is 9.15. The average Bonchev–Trinajstić information content (AvgIpc) is 2.64. The van der Waals surface area contributed by atoms with Gasteiger partial charge in [-0.05, 0) is 12.1 Å². The minimum Gasteiger partial charge on any atom is -0.354 e. The molecule has 3 nitrogen and oxygen atoms in total. The predicted molar refractivity (Wildman–Crippen MR) is 50.9 cm³/mol. The molecule has 1 heterocycles. The van der Waals surface area contributed by atoms with Crippen LogP contribution in [0.4, 0.5) is 0 Å². The van der Waals surface area contributed by atoms with Gasteiger partial charge in [0.25, 0.3) is 0 Å². The Morgan fingerprint density at radius 3 is 2.77 bits per heavy atom. The van der Waals surface area contributed by atoms with Crippen LogP contribution in [0.1, 0.15) is 6.42 Å². The van der Waals surface area contributed by atoms with Gasteiger partial charge in [0, 0.05) is 25.4 Å². The van der Waals surface area contributed by atoms with Crippen LogP contribution in [0.3, 0.4) is 0 Å². The Hall–Kier alpha value is -1.69. The second kappa shape index (κ2) is 5.04. The molecular formula is C10H12N2O. The maximum Gasteiger partial charge on any atom is 0.222 e. The molecule has 0 radical (unpaired) electrons. The zero-order valence-electron chi connectivity index (χ0n) is 7.36. The molecule has 3 heteroatoms. The third-order valence-electron chi connectivity index (χ3n) is 1.65. The molecule has 0 saturated heterocycles. The second-order valence-corrected chi connectivity index (χ2v) is 2.65. The molecule has 1 rings (SSSR count). The zero-order valence-corrected chi connectivity index (χ0v) is 7.36. The average molecular weight is 176 g/mol. The number of rotatable bonds is 4. The Kier molecular flexibility index (Phi) is 3.65. The van der Waals surface area contributed by atoms with Crippen molar-refractivity contribution in [2.45, 2.75) is 13.0 Å². The number of hydrogen-bond donors (Lipinski definition) is 1. The van der Waals surface area contributed by atoms with E-state index in [1.165, 1.54) is 0 Å². The lowest BCUT2D eigenvalue weighted by Crippen LogP contribution is -2.24. The van der Waals surface area contributed by atoms with Crippen LogP contribution in [-0.2, 0) is 11.3 Å². The highest BCUT2D eigenvalue weighted by Crippen LogP contribution is 1.92. The summed E-state index contributed by atoms with van der Waals surface area (Å²) in [7, 11) is 0. The minimum atomic E-state index is -0.00773. The lowest BCUT2D eigenvalue weighted by atomic mass is 10.4. The van der Waals surface area contributed by atoms with Crippen molar-refractivity contribution in [3.63, 3.8) is 0 Å². The maximum absolute atomic E-state index is 11.1. The summed E-state index contributed by atoms with van der Waals surface area (Å²) in [6, 6.07) is 3.86. The molecule has 68 valence electrons. The van der Waals surface area contributed by atoms with E-state index in [0.717, 1.165) is 0 Å². The predicted octanol–water partition coefficient (Wildman–Crippen LogP) is 0.628. The van der Waals surface area contributed by atoms with Gasteiger partial charge < -0.3 is 9.88 Å². The number of terminal acetylenes is 1. The van der Waals surface area contributed by atoms with E-state index < -0.39 is 0 Å². The number of aromatic nitrogens is 1. The first kappa shape index (κ1) is 9.40. The third kappa shape index (κ3) is 3.48. The van der Waals surface area contributed by atoms with E-state index in [-0.39, 0.29) is 5.91 Å². The van der Waals surface area contributed by atoms with Crippen molar-refractivity contribution < 1.29 is 4.79 Å². The molecule has 1 amide bonds. The Bertz CT molecular complexity index is 295. The molecule has 1 aromatic heterocycles. The standard InChI is InChI=1S/C10H12N2O/c1-2-6-11-10(13)5-9-12-7-3-4-8-12/h1,3-4,7-8H,5-6,9H2,(H,11,13). The number of aryl methyl sites for hydroxylation is 1. The van der Waals surface area contributed by atoms with Crippen molar-refractivity contribution in [1.82, 2.24) is 9.88 Å². The quantitative estimate of drug-likeness (QED) is 0.671. The van der Waals surface area contributed by atoms with E-state index in [1.807, 2.05) is 29.1 Å². The van der Waals surface area contributed by atoms with E-state index in [0.29, 0.717) is 19.5 Å². The van der Waals surface area contributed by atoms with Crippen molar-refractivity contribution in [3.8, 4) is 12.3 Å². The Balaban J connectivity index is 2.20. The number of nitrogens with zero attached hydrogens (tertiary/aromatic N) is 1.